The smallest absolute Gasteiger partial charge is 0.0711 e. The monoisotopic (exact) mass is 212 g/mol. The molecule has 0 amide bonds. The predicted molar refractivity (Wildman–Crippen MR) is 64.1 cm³/mol. The summed E-state index contributed by atoms with van der Waals surface area (Å²) in [7, 11) is 1.79. The zero-order chi connectivity index (χ0) is 11.3. The van der Waals surface area contributed by atoms with E-state index in [2.05, 4.69) is 30.6 Å². The SMILES string of the molecule is C=C(C)CN(CC)CC1CC(OC)CN1. The molecule has 15 heavy (non-hydrogen) atoms. The van der Waals surface area contributed by atoms with Crippen LogP contribution in [0, 0.1) is 0 Å². The highest BCUT2D eigenvalue weighted by Crippen LogP contribution is 2.11. The van der Waals surface area contributed by atoms with Gasteiger partial charge in [0.15, 0.2) is 0 Å². The second-order valence-corrected chi connectivity index (χ2v) is 4.48. The Balaban J connectivity index is 2.30. The standard InChI is InChI=1S/C12H24N2O/c1-5-14(8-10(2)3)9-11-6-12(15-4)7-13-11/h11-13H,2,5-9H2,1,3-4H3. The van der Waals surface area contributed by atoms with E-state index in [0.717, 1.165) is 32.6 Å². The Morgan fingerprint density at radius 3 is 2.80 bits per heavy atom. The molecule has 0 aromatic rings. The molecule has 0 spiro atoms. The maximum Gasteiger partial charge on any atom is 0.0711 e. The molecule has 3 heteroatoms. The van der Waals surface area contributed by atoms with Crippen LogP contribution in [0.4, 0.5) is 0 Å². The van der Waals surface area contributed by atoms with Gasteiger partial charge in [-0.05, 0) is 19.9 Å². The number of nitrogens with zero attached hydrogens (tertiary/aromatic N) is 1. The molecule has 1 rings (SSSR count). The Morgan fingerprint density at radius 2 is 2.33 bits per heavy atom. The summed E-state index contributed by atoms with van der Waals surface area (Å²) in [4.78, 5) is 2.43. The predicted octanol–water partition coefficient (Wildman–Crippen LogP) is 1.26. The largest absolute Gasteiger partial charge is 0.380 e. The van der Waals surface area contributed by atoms with Gasteiger partial charge in [-0.25, -0.2) is 0 Å². The Bertz CT molecular complexity index is 206. The van der Waals surface area contributed by atoms with E-state index in [4.69, 9.17) is 4.74 Å². The van der Waals surface area contributed by atoms with E-state index in [0.29, 0.717) is 12.1 Å². The number of methoxy groups -OCH3 is 1. The van der Waals surface area contributed by atoms with Gasteiger partial charge in [-0.3, -0.25) is 4.90 Å². The summed E-state index contributed by atoms with van der Waals surface area (Å²) >= 11 is 0. The minimum Gasteiger partial charge on any atom is -0.380 e. The normalized spacial score (nSPS) is 26.1. The van der Waals surface area contributed by atoms with Gasteiger partial charge in [0.1, 0.15) is 0 Å². The van der Waals surface area contributed by atoms with Crippen molar-refractivity contribution in [3.8, 4) is 0 Å². The molecule has 0 aromatic carbocycles. The Kier molecular flexibility index (Phi) is 5.29. The van der Waals surface area contributed by atoms with Crippen LogP contribution in [-0.4, -0.2) is 50.3 Å². The van der Waals surface area contributed by atoms with Crippen LogP contribution >= 0.6 is 0 Å². The lowest BCUT2D eigenvalue weighted by molar-refractivity contribution is 0.116. The van der Waals surface area contributed by atoms with Gasteiger partial charge in [0.25, 0.3) is 0 Å². The van der Waals surface area contributed by atoms with Crippen molar-refractivity contribution in [3.63, 3.8) is 0 Å². The fourth-order valence-corrected chi connectivity index (χ4v) is 2.10. The van der Waals surface area contributed by atoms with E-state index < -0.39 is 0 Å². The molecule has 2 unspecified atom stereocenters. The van der Waals surface area contributed by atoms with Crippen molar-refractivity contribution >= 4 is 0 Å². The van der Waals surface area contributed by atoms with Crippen LogP contribution in [0.2, 0.25) is 0 Å². The van der Waals surface area contributed by atoms with Crippen molar-refractivity contribution in [2.75, 3.05) is 33.3 Å². The number of ether oxygens (including phenoxy) is 1. The summed E-state index contributed by atoms with van der Waals surface area (Å²) < 4.78 is 5.34. The van der Waals surface area contributed by atoms with E-state index in [9.17, 15) is 0 Å². The molecule has 0 saturated carbocycles. The second-order valence-electron chi connectivity index (χ2n) is 4.48. The number of hydrogen-bond acceptors (Lipinski definition) is 3. The summed E-state index contributed by atoms with van der Waals surface area (Å²) in [6, 6.07) is 0.578. The van der Waals surface area contributed by atoms with Crippen molar-refractivity contribution in [1.29, 1.82) is 0 Å². The van der Waals surface area contributed by atoms with Crippen LogP contribution in [0.3, 0.4) is 0 Å². The molecule has 1 N–H and O–H groups in total. The number of likely N-dealkylation sites (N-methyl/N-ethyl adjacent to an activating group) is 1. The van der Waals surface area contributed by atoms with Crippen molar-refractivity contribution in [2.45, 2.75) is 32.4 Å². The molecule has 0 aromatic heterocycles. The molecule has 0 bridgehead atoms. The lowest BCUT2D eigenvalue weighted by atomic mass is 10.2. The average Bonchev–Trinajstić information content (AvgIpc) is 2.64. The molecule has 2 atom stereocenters. The van der Waals surface area contributed by atoms with Crippen LogP contribution in [0.15, 0.2) is 12.2 Å². The first-order chi connectivity index (χ1) is 7.15. The molecule has 3 nitrogen and oxygen atoms in total. The van der Waals surface area contributed by atoms with Gasteiger partial charge in [0.05, 0.1) is 6.10 Å². The van der Waals surface area contributed by atoms with Gasteiger partial charge in [0, 0.05) is 32.8 Å². The van der Waals surface area contributed by atoms with E-state index in [1.165, 1.54) is 5.57 Å². The first-order valence-corrected chi connectivity index (χ1v) is 5.78. The fourth-order valence-electron chi connectivity index (χ4n) is 2.10. The molecule has 1 aliphatic heterocycles. The molecular weight excluding hydrogens is 188 g/mol. The minimum atomic E-state index is 0.401. The first-order valence-electron chi connectivity index (χ1n) is 5.78. The molecule has 1 aliphatic rings. The fraction of sp³-hybridized carbons (Fsp3) is 0.833. The van der Waals surface area contributed by atoms with Crippen molar-refractivity contribution in [2.24, 2.45) is 0 Å². The van der Waals surface area contributed by atoms with Gasteiger partial charge in [-0.15, -0.1) is 0 Å². The van der Waals surface area contributed by atoms with E-state index >= 15 is 0 Å². The summed E-state index contributed by atoms with van der Waals surface area (Å²) in [5, 5.41) is 3.50. The third-order valence-corrected chi connectivity index (χ3v) is 2.93. The summed E-state index contributed by atoms with van der Waals surface area (Å²) in [5.74, 6) is 0. The lowest BCUT2D eigenvalue weighted by Crippen LogP contribution is -2.38. The van der Waals surface area contributed by atoms with Crippen LogP contribution in [-0.2, 0) is 4.74 Å². The zero-order valence-electron chi connectivity index (χ0n) is 10.3. The van der Waals surface area contributed by atoms with Crippen LogP contribution in [0.25, 0.3) is 0 Å². The third kappa shape index (κ3) is 4.33. The van der Waals surface area contributed by atoms with E-state index in [1.807, 2.05) is 0 Å². The Labute approximate surface area is 93.5 Å². The topological polar surface area (TPSA) is 24.5 Å². The second kappa shape index (κ2) is 6.26. The van der Waals surface area contributed by atoms with Crippen LogP contribution in [0.5, 0.6) is 0 Å². The van der Waals surface area contributed by atoms with Crippen molar-refractivity contribution < 1.29 is 4.74 Å². The third-order valence-electron chi connectivity index (χ3n) is 2.93. The van der Waals surface area contributed by atoms with Crippen LogP contribution in [0.1, 0.15) is 20.3 Å². The van der Waals surface area contributed by atoms with Gasteiger partial charge in [0.2, 0.25) is 0 Å². The molecule has 1 fully saturated rings. The van der Waals surface area contributed by atoms with Crippen molar-refractivity contribution in [1.82, 2.24) is 10.2 Å². The molecule has 0 aliphatic carbocycles. The van der Waals surface area contributed by atoms with Gasteiger partial charge in [-0.2, -0.15) is 0 Å². The number of hydrogen-bond donors (Lipinski definition) is 1. The summed E-state index contributed by atoms with van der Waals surface area (Å²) in [6.45, 7) is 12.4. The Hall–Kier alpha value is -0.380. The molecule has 1 saturated heterocycles. The minimum absolute atomic E-state index is 0.401. The highest BCUT2D eigenvalue weighted by Gasteiger charge is 2.24. The first kappa shape index (κ1) is 12.7. The van der Waals surface area contributed by atoms with E-state index in [1.54, 1.807) is 7.11 Å². The molecular formula is C12H24N2O. The molecule has 1 heterocycles. The maximum atomic E-state index is 5.34. The number of rotatable bonds is 6. The van der Waals surface area contributed by atoms with Crippen molar-refractivity contribution in [3.05, 3.63) is 12.2 Å². The van der Waals surface area contributed by atoms with Crippen LogP contribution < -0.4 is 5.32 Å². The lowest BCUT2D eigenvalue weighted by Gasteiger charge is -2.24. The average molecular weight is 212 g/mol. The van der Waals surface area contributed by atoms with Gasteiger partial charge in [-0.1, -0.05) is 19.1 Å². The highest BCUT2D eigenvalue weighted by atomic mass is 16.5. The zero-order valence-corrected chi connectivity index (χ0v) is 10.3. The Morgan fingerprint density at radius 1 is 1.60 bits per heavy atom. The maximum absolute atomic E-state index is 5.34. The molecule has 0 radical (unpaired) electrons. The van der Waals surface area contributed by atoms with Gasteiger partial charge >= 0.3 is 0 Å². The summed E-state index contributed by atoms with van der Waals surface area (Å²) in [6.07, 6.45) is 1.53. The van der Waals surface area contributed by atoms with E-state index in [-0.39, 0.29) is 0 Å². The summed E-state index contributed by atoms with van der Waals surface area (Å²) in [5.41, 5.74) is 1.23. The number of nitrogens with one attached hydrogen (secondary N) is 1. The van der Waals surface area contributed by atoms with Gasteiger partial charge < -0.3 is 10.1 Å². The highest BCUT2D eigenvalue weighted by molar-refractivity contribution is 4.93. The molecule has 88 valence electrons. The quantitative estimate of drug-likeness (QED) is 0.671.